The highest BCUT2D eigenvalue weighted by atomic mass is 32.2. The van der Waals surface area contributed by atoms with Crippen LogP contribution in [0.3, 0.4) is 0 Å². The first-order valence-corrected chi connectivity index (χ1v) is 8.24. The summed E-state index contributed by atoms with van der Waals surface area (Å²) in [6, 6.07) is 15.2. The molecule has 0 spiro atoms. The minimum Gasteiger partial charge on any atom is -0.326 e. The number of aryl methyl sites for hydroxylation is 1. The molecule has 0 unspecified atom stereocenters. The summed E-state index contributed by atoms with van der Waals surface area (Å²) in [6.07, 6.45) is 0. The van der Waals surface area contributed by atoms with Crippen LogP contribution in [-0.2, 0) is 9.59 Å². The van der Waals surface area contributed by atoms with E-state index in [1.165, 1.54) is 24.2 Å². The second-order valence-electron chi connectivity index (χ2n) is 5.32. The van der Waals surface area contributed by atoms with Gasteiger partial charge in [0.15, 0.2) is 0 Å². The first kappa shape index (κ1) is 17.1. The molecule has 5 heteroatoms. The van der Waals surface area contributed by atoms with Gasteiger partial charge < -0.3 is 10.6 Å². The van der Waals surface area contributed by atoms with E-state index in [1.807, 2.05) is 38.1 Å². The third-order valence-corrected chi connectivity index (χ3v) is 4.27. The van der Waals surface area contributed by atoms with Crippen molar-refractivity contribution in [2.24, 2.45) is 0 Å². The minimum atomic E-state index is -0.220. The molecule has 0 aliphatic rings. The van der Waals surface area contributed by atoms with Crippen molar-refractivity contribution in [2.75, 3.05) is 10.6 Å². The van der Waals surface area contributed by atoms with Crippen LogP contribution in [0.25, 0.3) is 0 Å². The summed E-state index contributed by atoms with van der Waals surface area (Å²) in [5.74, 6) is -0.215. The fourth-order valence-corrected chi connectivity index (χ4v) is 2.86. The predicted octanol–water partition coefficient (Wildman–Crippen LogP) is 4.07. The van der Waals surface area contributed by atoms with Gasteiger partial charge in [-0.25, -0.2) is 0 Å². The summed E-state index contributed by atoms with van der Waals surface area (Å²) in [5, 5.41) is 5.35. The number of nitrogens with one attached hydrogen (secondary N) is 2. The number of anilines is 2. The van der Waals surface area contributed by atoms with Gasteiger partial charge in [0.05, 0.1) is 5.25 Å². The molecule has 0 aliphatic carbocycles. The van der Waals surface area contributed by atoms with Gasteiger partial charge in [-0.1, -0.05) is 23.8 Å². The zero-order valence-electron chi connectivity index (χ0n) is 13.4. The van der Waals surface area contributed by atoms with E-state index in [2.05, 4.69) is 10.6 Å². The van der Waals surface area contributed by atoms with Gasteiger partial charge in [-0.15, -0.1) is 11.8 Å². The predicted molar refractivity (Wildman–Crippen MR) is 95.9 cm³/mol. The lowest BCUT2D eigenvalue weighted by Crippen LogP contribution is -2.22. The van der Waals surface area contributed by atoms with Crippen LogP contribution in [-0.4, -0.2) is 17.1 Å². The smallest absolute Gasteiger partial charge is 0.237 e. The molecule has 2 aromatic carbocycles. The SMILES string of the molecule is CC(=O)Nc1cccc(NC(=O)[C@H](C)Sc2ccc(C)cc2)c1. The van der Waals surface area contributed by atoms with Crippen molar-refractivity contribution in [2.45, 2.75) is 30.9 Å². The highest BCUT2D eigenvalue weighted by Gasteiger charge is 2.14. The standard InChI is InChI=1S/C18H20N2O2S/c1-12-7-9-17(10-8-12)23-13(2)18(22)20-16-6-4-5-15(11-16)19-14(3)21/h4-11,13H,1-3H3,(H,19,21)(H,20,22)/t13-/m0/s1. The zero-order chi connectivity index (χ0) is 16.8. The van der Waals surface area contributed by atoms with Crippen LogP contribution in [0, 0.1) is 6.92 Å². The largest absolute Gasteiger partial charge is 0.326 e. The van der Waals surface area contributed by atoms with Gasteiger partial charge >= 0.3 is 0 Å². The Hall–Kier alpha value is -2.27. The summed E-state index contributed by atoms with van der Waals surface area (Å²) in [5.41, 5.74) is 2.52. The van der Waals surface area contributed by atoms with Crippen LogP contribution in [0.2, 0.25) is 0 Å². The van der Waals surface area contributed by atoms with E-state index in [-0.39, 0.29) is 17.1 Å². The molecule has 0 heterocycles. The minimum absolute atomic E-state index is 0.0736. The van der Waals surface area contributed by atoms with Crippen LogP contribution in [0.5, 0.6) is 0 Å². The van der Waals surface area contributed by atoms with Crippen LogP contribution in [0.15, 0.2) is 53.4 Å². The lowest BCUT2D eigenvalue weighted by molar-refractivity contribution is -0.115. The molecule has 0 aliphatic heterocycles. The van der Waals surface area contributed by atoms with Gasteiger partial charge in [-0.05, 0) is 44.2 Å². The van der Waals surface area contributed by atoms with E-state index in [0.29, 0.717) is 11.4 Å². The molecule has 0 saturated heterocycles. The topological polar surface area (TPSA) is 58.2 Å². The second kappa shape index (κ2) is 7.83. The fraction of sp³-hybridized carbons (Fsp3) is 0.222. The Morgan fingerprint density at radius 1 is 1.00 bits per heavy atom. The van der Waals surface area contributed by atoms with Crippen molar-refractivity contribution in [3.05, 3.63) is 54.1 Å². The van der Waals surface area contributed by atoms with Crippen molar-refractivity contribution in [1.29, 1.82) is 0 Å². The molecular formula is C18H20N2O2S. The molecule has 2 aromatic rings. The summed E-state index contributed by atoms with van der Waals surface area (Å²) in [7, 11) is 0. The van der Waals surface area contributed by atoms with E-state index in [9.17, 15) is 9.59 Å². The molecule has 2 N–H and O–H groups in total. The molecule has 2 amide bonds. The Morgan fingerprint density at radius 2 is 1.61 bits per heavy atom. The lowest BCUT2D eigenvalue weighted by Gasteiger charge is -2.13. The van der Waals surface area contributed by atoms with Crippen LogP contribution in [0.1, 0.15) is 19.4 Å². The van der Waals surface area contributed by atoms with Crippen LogP contribution < -0.4 is 10.6 Å². The van der Waals surface area contributed by atoms with E-state index < -0.39 is 0 Å². The molecule has 1 atom stereocenters. The number of carbonyl (C=O) groups is 2. The molecule has 2 rings (SSSR count). The lowest BCUT2D eigenvalue weighted by atomic mass is 10.2. The number of thioether (sulfide) groups is 1. The summed E-state index contributed by atoms with van der Waals surface area (Å²) < 4.78 is 0. The molecule has 120 valence electrons. The monoisotopic (exact) mass is 328 g/mol. The van der Waals surface area contributed by atoms with E-state index in [1.54, 1.807) is 24.3 Å². The normalized spacial score (nSPS) is 11.6. The van der Waals surface area contributed by atoms with Gasteiger partial charge in [0.25, 0.3) is 0 Å². The van der Waals surface area contributed by atoms with Crippen LogP contribution in [0.4, 0.5) is 11.4 Å². The van der Waals surface area contributed by atoms with E-state index in [4.69, 9.17) is 0 Å². The third kappa shape index (κ3) is 5.45. The molecule has 0 aromatic heterocycles. The maximum atomic E-state index is 12.3. The molecule has 0 saturated carbocycles. The summed E-state index contributed by atoms with van der Waals surface area (Å²) >= 11 is 1.51. The van der Waals surface area contributed by atoms with Gasteiger partial charge in [0.1, 0.15) is 0 Å². The number of rotatable bonds is 5. The Bertz CT molecular complexity index is 698. The highest BCUT2D eigenvalue weighted by Crippen LogP contribution is 2.25. The number of amides is 2. The van der Waals surface area contributed by atoms with Gasteiger partial charge in [0, 0.05) is 23.2 Å². The number of benzene rings is 2. The van der Waals surface area contributed by atoms with Crippen molar-refractivity contribution in [1.82, 2.24) is 0 Å². The maximum Gasteiger partial charge on any atom is 0.237 e. The van der Waals surface area contributed by atoms with Crippen molar-refractivity contribution < 1.29 is 9.59 Å². The first-order chi connectivity index (χ1) is 10.9. The molecule has 4 nitrogen and oxygen atoms in total. The number of hydrogen-bond acceptors (Lipinski definition) is 3. The number of carbonyl (C=O) groups excluding carboxylic acids is 2. The Morgan fingerprint density at radius 3 is 2.22 bits per heavy atom. The van der Waals surface area contributed by atoms with Crippen molar-refractivity contribution in [3.63, 3.8) is 0 Å². The summed E-state index contributed by atoms with van der Waals surface area (Å²) in [6.45, 7) is 5.36. The molecule has 0 fully saturated rings. The Balaban J connectivity index is 1.97. The number of hydrogen-bond donors (Lipinski definition) is 2. The Kier molecular flexibility index (Phi) is 5.82. The Labute approximate surface area is 140 Å². The summed E-state index contributed by atoms with van der Waals surface area (Å²) in [4.78, 5) is 24.4. The average molecular weight is 328 g/mol. The molecule has 23 heavy (non-hydrogen) atoms. The van der Waals surface area contributed by atoms with Gasteiger partial charge in [-0.2, -0.15) is 0 Å². The average Bonchev–Trinajstić information content (AvgIpc) is 2.49. The molecule has 0 bridgehead atoms. The maximum absolute atomic E-state index is 12.3. The van der Waals surface area contributed by atoms with Crippen LogP contribution >= 0.6 is 11.8 Å². The fourth-order valence-electron chi connectivity index (χ4n) is 2.00. The molecular weight excluding hydrogens is 308 g/mol. The van der Waals surface area contributed by atoms with E-state index in [0.717, 1.165) is 4.90 Å². The highest BCUT2D eigenvalue weighted by molar-refractivity contribution is 8.00. The van der Waals surface area contributed by atoms with Gasteiger partial charge in [0.2, 0.25) is 11.8 Å². The van der Waals surface area contributed by atoms with Crippen molar-refractivity contribution in [3.8, 4) is 0 Å². The first-order valence-electron chi connectivity index (χ1n) is 7.36. The quantitative estimate of drug-likeness (QED) is 0.813. The second-order valence-corrected chi connectivity index (χ2v) is 6.74. The van der Waals surface area contributed by atoms with Crippen molar-refractivity contribution >= 4 is 35.0 Å². The molecule has 0 radical (unpaired) electrons. The van der Waals surface area contributed by atoms with E-state index >= 15 is 0 Å². The zero-order valence-corrected chi connectivity index (χ0v) is 14.2. The van der Waals surface area contributed by atoms with Gasteiger partial charge in [-0.3, -0.25) is 9.59 Å². The third-order valence-electron chi connectivity index (χ3n) is 3.15.